The number of rotatable bonds is 13. The molecule has 0 atom stereocenters. The van der Waals surface area contributed by atoms with Crippen molar-refractivity contribution < 1.29 is 9.90 Å². The average Bonchev–Trinajstić information content (AvgIpc) is 2.37. The molecule has 0 aliphatic heterocycles. The molecule has 0 saturated carbocycles. The lowest BCUT2D eigenvalue weighted by Gasteiger charge is -2.07. The first-order chi connectivity index (χ1) is 9.20. The van der Waals surface area contributed by atoms with Crippen molar-refractivity contribution in [2.75, 3.05) is 0 Å². The summed E-state index contributed by atoms with van der Waals surface area (Å²) in [5.41, 5.74) is 1.14. The van der Waals surface area contributed by atoms with Crippen LogP contribution >= 0.6 is 0 Å². The lowest BCUT2D eigenvalue weighted by Crippen LogP contribution is -1.94. The van der Waals surface area contributed by atoms with Gasteiger partial charge in [0.2, 0.25) is 0 Å². The Morgan fingerprint density at radius 1 is 0.789 bits per heavy atom. The summed E-state index contributed by atoms with van der Waals surface area (Å²) in [4.78, 5) is 10.8. The van der Waals surface area contributed by atoms with Crippen LogP contribution in [-0.2, 0) is 4.79 Å². The van der Waals surface area contributed by atoms with Gasteiger partial charge in [-0.2, -0.15) is 0 Å². The molecule has 0 fully saturated rings. The molecular weight excluding hydrogens is 236 g/mol. The predicted octanol–water partition coefficient (Wildman–Crippen LogP) is 5.72. The minimum atomic E-state index is -0.781. The molecule has 0 spiro atoms. The van der Waals surface area contributed by atoms with Crippen LogP contribution in [0.25, 0.3) is 0 Å². The van der Waals surface area contributed by atoms with Crippen molar-refractivity contribution >= 4 is 5.97 Å². The maximum Gasteiger partial charge on any atom is 0.328 e. The van der Waals surface area contributed by atoms with E-state index in [0.717, 1.165) is 31.3 Å². The third kappa shape index (κ3) is 13.4. The fourth-order valence-corrected chi connectivity index (χ4v) is 2.36. The fourth-order valence-electron chi connectivity index (χ4n) is 2.36. The van der Waals surface area contributed by atoms with Gasteiger partial charge < -0.3 is 5.11 Å². The molecule has 2 heteroatoms. The Morgan fingerprint density at radius 2 is 1.21 bits per heavy atom. The van der Waals surface area contributed by atoms with Gasteiger partial charge in [-0.15, -0.1) is 0 Å². The smallest absolute Gasteiger partial charge is 0.328 e. The van der Waals surface area contributed by atoms with Gasteiger partial charge in [0, 0.05) is 6.08 Å². The zero-order valence-corrected chi connectivity index (χ0v) is 12.9. The number of unbranched alkanes of at least 4 members (excludes halogenated alkanes) is 8. The molecule has 0 saturated heterocycles. The summed E-state index contributed by atoms with van der Waals surface area (Å²) in [7, 11) is 0. The summed E-state index contributed by atoms with van der Waals surface area (Å²) in [5.74, 6) is -0.781. The quantitative estimate of drug-likeness (QED) is 0.343. The Bertz CT molecular complexity index is 244. The molecule has 0 radical (unpaired) electrons. The Kier molecular flexibility index (Phi) is 13.1. The predicted molar refractivity (Wildman–Crippen MR) is 82.5 cm³/mol. The highest BCUT2D eigenvalue weighted by Crippen LogP contribution is 2.17. The van der Waals surface area contributed by atoms with Crippen molar-refractivity contribution in [3.05, 3.63) is 11.6 Å². The van der Waals surface area contributed by atoms with Gasteiger partial charge in [0.15, 0.2) is 0 Å². The van der Waals surface area contributed by atoms with Crippen LogP contribution in [-0.4, -0.2) is 11.1 Å². The normalized spacial score (nSPS) is 11.8. The molecule has 0 aromatic heterocycles. The van der Waals surface area contributed by atoms with Gasteiger partial charge in [0.1, 0.15) is 0 Å². The molecule has 2 nitrogen and oxygen atoms in total. The first kappa shape index (κ1) is 18.2. The van der Waals surface area contributed by atoms with Crippen molar-refractivity contribution in [1.29, 1.82) is 0 Å². The maximum atomic E-state index is 10.8. The number of hydrogen-bond donors (Lipinski definition) is 1. The van der Waals surface area contributed by atoms with Gasteiger partial charge in [0.05, 0.1) is 0 Å². The molecule has 112 valence electrons. The molecule has 19 heavy (non-hydrogen) atoms. The highest BCUT2D eigenvalue weighted by atomic mass is 16.4. The average molecular weight is 268 g/mol. The Hall–Kier alpha value is -0.790. The van der Waals surface area contributed by atoms with Crippen LogP contribution in [0.1, 0.15) is 90.9 Å². The Balaban J connectivity index is 3.78. The van der Waals surface area contributed by atoms with Crippen LogP contribution in [0.4, 0.5) is 0 Å². The second-order valence-corrected chi connectivity index (χ2v) is 5.47. The van der Waals surface area contributed by atoms with Gasteiger partial charge in [-0.1, -0.05) is 70.8 Å². The highest BCUT2D eigenvalue weighted by Gasteiger charge is 2.01. The van der Waals surface area contributed by atoms with E-state index in [-0.39, 0.29) is 0 Å². The first-order valence-corrected chi connectivity index (χ1v) is 8.13. The van der Waals surface area contributed by atoms with Crippen molar-refractivity contribution in [2.24, 2.45) is 0 Å². The van der Waals surface area contributed by atoms with Gasteiger partial charge in [-0.25, -0.2) is 4.79 Å². The van der Waals surface area contributed by atoms with Crippen LogP contribution < -0.4 is 0 Å². The van der Waals surface area contributed by atoms with Crippen LogP contribution in [0.5, 0.6) is 0 Å². The summed E-state index contributed by atoms with van der Waals surface area (Å²) >= 11 is 0. The van der Waals surface area contributed by atoms with E-state index in [9.17, 15) is 4.79 Å². The van der Waals surface area contributed by atoms with Crippen LogP contribution in [0.2, 0.25) is 0 Å². The summed E-state index contributed by atoms with van der Waals surface area (Å²) < 4.78 is 0. The number of aliphatic carboxylic acids is 1. The number of allylic oxidation sites excluding steroid dienone is 1. The molecule has 0 aliphatic rings. The SMILES string of the molecule is CCCCCCCCC(=CC(=O)O)CCCCCC. The molecular formula is C17H32O2. The lowest BCUT2D eigenvalue weighted by atomic mass is 9.99. The van der Waals surface area contributed by atoms with Gasteiger partial charge >= 0.3 is 5.97 Å². The topological polar surface area (TPSA) is 37.3 Å². The molecule has 0 amide bonds. The van der Waals surface area contributed by atoms with Crippen LogP contribution in [0.15, 0.2) is 11.6 Å². The zero-order valence-electron chi connectivity index (χ0n) is 12.9. The fraction of sp³-hybridized carbons (Fsp3) is 0.824. The minimum absolute atomic E-state index is 0.781. The zero-order chi connectivity index (χ0) is 14.3. The third-order valence-corrected chi connectivity index (χ3v) is 3.53. The Morgan fingerprint density at radius 3 is 1.68 bits per heavy atom. The Labute approximate surface area is 119 Å². The number of carboxylic acid groups (broad SMARTS) is 1. The van der Waals surface area contributed by atoms with E-state index in [4.69, 9.17) is 5.11 Å². The second kappa shape index (κ2) is 13.6. The number of carbonyl (C=O) groups is 1. The molecule has 0 bridgehead atoms. The second-order valence-electron chi connectivity index (χ2n) is 5.47. The molecule has 0 rings (SSSR count). The van der Waals surface area contributed by atoms with E-state index >= 15 is 0 Å². The van der Waals surface area contributed by atoms with E-state index < -0.39 is 5.97 Å². The standard InChI is InChI=1S/C17H32O2/c1-3-5-7-9-10-12-14-16(15-17(18)19)13-11-8-6-4-2/h15H,3-14H2,1-2H3,(H,18,19). The third-order valence-electron chi connectivity index (χ3n) is 3.53. The van der Waals surface area contributed by atoms with Gasteiger partial charge in [-0.3, -0.25) is 0 Å². The van der Waals surface area contributed by atoms with Crippen LogP contribution in [0.3, 0.4) is 0 Å². The monoisotopic (exact) mass is 268 g/mol. The molecule has 0 aromatic carbocycles. The summed E-state index contributed by atoms with van der Waals surface area (Å²) in [6.45, 7) is 4.42. The largest absolute Gasteiger partial charge is 0.478 e. The van der Waals surface area contributed by atoms with Crippen LogP contribution in [0, 0.1) is 0 Å². The summed E-state index contributed by atoms with van der Waals surface area (Å²) in [6.07, 6.45) is 15.9. The number of hydrogen-bond acceptors (Lipinski definition) is 1. The van der Waals surface area contributed by atoms with E-state index in [0.29, 0.717) is 0 Å². The highest BCUT2D eigenvalue weighted by molar-refractivity contribution is 5.80. The number of carboxylic acids is 1. The first-order valence-electron chi connectivity index (χ1n) is 8.13. The van der Waals surface area contributed by atoms with Crippen molar-refractivity contribution in [3.8, 4) is 0 Å². The molecule has 0 unspecified atom stereocenters. The molecule has 1 N–H and O–H groups in total. The molecule has 0 aliphatic carbocycles. The van der Waals surface area contributed by atoms with E-state index in [1.54, 1.807) is 0 Å². The van der Waals surface area contributed by atoms with Gasteiger partial charge in [0.25, 0.3) is 0 Å². The lowest BCUT2D eigenvalue weighted by molar-refractivity contribution is -0.131. The maximum absolute atomic E-state index is 10.8. The van der Waals surface area contributed by atoms with Crippen molar-refractivity contribution in [2.45, 2.75) is 90.9 Å². The van der Waals surface area contributed by atoms with Gasteiger partial charge in [-0.05, 0) is 25.7 Å². The summed E-state index contributed by atoms with van der Waals surface area (Å²) in [6, 6.07) is 0. The van der Waals surface area contributed by atoms with Crippen molar-refractivity contribution in [1.82, 2.24) is 0 Å². The molecule has 0 heterocycles. The summed E-state index contributed by atoms with van der Waals surface area (Å²) in [5, 5.41) is 8.88. The van der Waals surface area contributed by atoms with Crippen molar-refractivity contribution in [3.63, 3.8) is 0 Å². The van der Waals surface area contributed by atoms with E-state index in [1.807, 2.05) is 0 Å². The van der Waals surface area contributed by atoms with E-state index in [1.165, 1.54) is 57.4 Å². The van der Waals surface area contributed by atoms with E-state index in [2.05, 4.69) is 13.8 Å². The molecule has 0 aromatic rings. The minimum Gasteiger partial charge on any atom is -0.478 e.